The van der Waals surface area contributed by atoms with E-state index in [1.165, 1.54) is 16.9 Å². The number of rotatable bonds is 6. The SMILES string of the molecule is C=C=C=C=C=C=C=C=C=C=C=C=C=C=C=C=C.Cc1c(OCc2c(Cc3ccccc3)sc(N)c2C#N)cccc1-c1ccccc1. The highest BCUT2D eigenvalue weighted by Gasteiger charge is 2.18. The lowest BCUT2D eigenvalue weighted by Gasteiger charge is -2.14. The summed E-state index contributed by atoms with van der Waals surface area (Å²) in [5, 5.41) is 10.2. The molecule has 0 aliphatic carbocycles. The average molecular weight is 619 g/mol. The molecule has 0 unspecified atom stereocenters. The van der Waals surface area contributed by atoms with Crippen LogP contribution in [-0.2, 0) is 13.0 Å². The van der Waals surface area contributed by atoms with E-state index in [0.717, 1.165) is 39.3 Å². The van der Waals surface area contributed by atoms with Crippen molar-refractivity contribution in [1.29, 1.82) is 5.26 Å². The first kappa shape index (κ1) is 34.4. The van der Waals surface area contributed by atoms with E-state index in [4.69, 9.17) is 10.5 Å². The Labute approximate surface area is 279 Å². The maximum atomic E-state index is 9.64. The fourth-order valence-electron chi connectivity index (χ4n) is 4.02. The molecule has 220 valence electrons. The number of hydrogen-bond acceptors (Lipinski definition) is 4. The van der Waals surface area contributed by atoms with Crippen LogP contribution >= 0.6 is 11.3 Å². The molecule has 1 aromatic heterocycles. The first-order valence-corrected chi connectivity index (χ1v) is 14.8. The van der Waals surface area contributed by atoms with E-state index < -0.39 is 0 Å². The van der Waals surface area contributed by atoms with Gasteiger partial charge in [-0.15, -0.1) is 11.3 Å². The van der Waals surface area contributed by atoms with E-state index in [1.54, 1.807) is 0 Å². The molecule has 3 aromatic carbocycles. The third-order valence-electron chi connectivity index (χ3n) is 6.10. The zero-order valence-corrected chi connectivity index (χ0v) is 26.5. The molecule has 0 radical (unpaired) electrons. The molecule has 0 fully saturated rings. The first-order valence-electron chi connectivity index (χ1n) is 14.0. The van der Waals surface area contributed by atoms with Crippen molar-refractivity contribution < 1.29 is 4.74 Å². The molecule has 4 rings (SSSR count). The number of nitrogens with zero attached hydrogens (tertiary/aromatic N) is 1. The quantitative estimate of drug-likeness (QED) is 0.219. The van der Waals surface area contributed by atoms with E-state index in [1.807, 2.05) is 48.5 Å². The lowest BCUT2D eigenvalue weighted by molar-refractivity contribution is 0.303. The summed E-state index contributed by atoms with van der Waals surface area (Å²) in [6, 6.07) is 28.8. The molecule has 0 saturated carbocycles. The van der Waals surface area contributed by atoms with Crippen molar-refractivity contribution in [2.24, 2.45) is 0 Å². The molecule has 0 aliphatic heterocycles. The summed E-state index contributed by atoms with van der Waals surface area (Å²) in [7, 11) is 0. The van der Waals surface area contributed by atoms with Crippen LogP contribution in [0.25, 0.3) is 11.1 Å². The summed E-state index contributed by atoms with van der Waals surface area (Å²) in [6.45, 7) is 8.97. The standard InChI is InChI=1S/C26H22N2OS.C17H4/c1-18-21(20-11-6-3-7-12-20)13-8-14-24(18)29-17-23-22(16-27)26(28)30-25(23)15-19-9-4-2-5-10-19;1-3-5-7-9-11-13-15-17-16-14-12-10-8-6-4-2/h2-14H,15,17,28H2,1H3;1-2H2. The number of anilines is 1. The van der Waals surface area contributed by atoms with Gasteiger partial charge in [0.25, 0.3) is 0 Å². The number of ether oxygens (including phenoxy) is 1. The van der Waals surface area contributed by atoms with Crippen LogP contribution in [-0.4, -0.2) is 0 Å². The van der Waals surface area contributed by atoms with Crippen LogP contribution in [0.1, 0.15) is 27.1 Å². The van der Waals surface area contributed by atoms with Crippen molar-refractivity contribution in [3.63, 3.8) is 0 Å². The Bertz CT molecular complexity index is 2290. The molecule has 3 nitrogen and oxygen atoms in total. The monoisotopic (exact) mass is 618 g/mol. The van der Waals surface area contributed by atoms with Crippen LogP contribution in [0.15, 0.2) is 178 Å². The minimum atomic E-state index is 0.317. The molecular weight excluding hydrogens is 593 g/mol. The maximum Gasteiger partial charge on any atom is 0.123 e. The molecule has 2 N–H and O–H groups in total. The predicted octanol–water partition coefficient (Wildman–Crippen LogP) is 9.48. The fourth-order valence-corrected chi connectivity index (χ4v) is 5.08. The van der Waals surface area contributed by atoms with Gasteiger partial charge in [-0.1, -0.05) is 84.3 Å². The van der Waals surface area contributed by atoms with E-state index in [0.29, 0.717) is 17.2 Å². The van der Waals surface area contributed by atoms with Crippen molar-refractivity contribution in [2.45, 2.75) is 20.0 Å². The topological polar surface area (TPSA) is 59.0 Å². The zero-order chi connectivity index (χ0) is 33.5. The normalized spacial score (nSPS) is 8.09. The highest BCUT2D eigenvalue weighted by molar-refractivity contribution is 7.16. The van der Waals surface area contributed by atoms with E-state index in [2.05, 4.69) is 142 Å². The van der Waals surface area contributed by atoms with Gasteiger partial charge in [-0.25, -0.2) is 0 Å². The van der Waals surface area contributed by atoms with Crippen molar-refractivity contribution in [3.8, 4) is 22.9 Å². The molecule has 1 heterocycles. The van der Waals surface area contributed by atoms with Gasteiger partial charge in [0.2, 0.25) is 0 Å². The Morgan fingerprint density at radius 2 is 1.19 bits per heavy atom. The Kier molecular flexibility index (Phi) is 14.6. The Morgan fingerprint density at radius 3 is 1.70 bits per heavy atom. The van der Waals surface area contributed by atoms with Crippen LogP contribution in [0.3, 0.4) is 0 Å². The third-order valence-corrected chi connectivity index (χ3v) is 7.17. The predicted molar refractivity (Wildman–Crippen MR) is 188 cm³/mol. The number of thiophene rings is 1. The molecule has 0 atom stereocenters. The van der Waals surface area contributed by atoms with E-state index in [9.17, 15) is 5.26 Å². The molecule has 4 aromatic rings. The Hall–Kier alpha value is -7.11. The number of nitrogens with two attached hydrogens (primary N) is 1. The first-order chi connectivity index (χ1) is 23.1. The summed E-state index contributed by atoms with van der Waals surface area (Å²) in [4.78, 5) is 1.08. The summed E-state index contributed by atoms with van der Waals surface area (Å²) in [6.07, 6.45) is 0.735. The second-order valence-corrected chi connectivity index (χ2v) is 10.2. The average Bonchev–Trinajstić information content (AvgIpc) is 3.40. The van der Waals surface area contributed by atoms with Crippen molar-refractivity contribution in [2.75, 3.05) is 5.73 Å². The fraction of sp³-hybridized carbons (Fsp3) is 0.0698. The Morgan fingerprint density at radius 1 is 0.681 bits per heavy atom. The number of hydrogen-bond donors (Lipinski definition) is 1. The number of benzene rings is 3. The van der Waals surface area contributed by atoms with Gasteiger partial charge in [0.15, 0.2) is 0 Å². The number of nitriles is 1. The molecule has 0 spiro atoms. The lowest BCUT2D eigenvalue weighted by atomic mass is 10.00. The van der Waals surface area contributed by atoms with Crippen LogP contribution in [0, 0.1) is 18.3 Å². The van der Waals surface area contributed by atoms with Gasteiger partial charge in [-0.2, -0.15) is 5.26 Å². The maximum absolute atomic E-state index is 9.64. The highest BCUT2D eigenvalue weighted by atomic mass is 32.1. The largest absolute Gasteiger partial charge is 0.489 e. The molecule has 47 heavy (non-hydrogen) atoms. The minimum absolute atomic E-state index is 0.317. The van der Waals surface area contributed by atoms with Gasteiger partial charge in [-0.05, 0) is 123 Å². The van der Waals surface area contributed by atoms with Crippen molar-refractivity contribution in [1.82, 2.24) is 0 Å². The molecule has 4 heteroatoms. The van der Waals surface area contributed by atoms with Gasteiger partial charge in [0.1, 0.15) is 23.4 Å². The van der Waals surface area contributed by atoms with Gasteiger partial charge in [0.05, 0.1) is 5.56 Å². The molecule has 0 aliphatic rings. The molecule has 0 amide bonds. The van der Waals surface area contributed by atoms with Crippen LogP contribution in [0.5, 0.6) is 5.75 Å². The molecule has 0 saturated heterocycles. The van der Waals surface area contributed by atoms with Crippen LogP contribution in [0.4, 0.5) is 5.00 Å². The van der Waals surface area contributed by atoms with Crippen LogP contribution in [0.2, 0.25) is 0 Å². The summed E-state index contributed by atoms with van der Waals surface area (Å²) < 4.78 is 6.22. The van der Waals surface area contributed by atoms with Gasteiger partial charge in [0, 0.05) is 16.9 Å². The van der Waals surface area contributed by atoms with Crippen LogP contribution < -0.4 is 10.5 Å². The summed E-state index contributed by atoms with van der Waals surface area (Å²) in [5.41, 5.74) is 49.0. The van der Waals surface area contributed by atoms with Gasteiger partial charge >= 0.3 is 0 Å². The van der Waals surface area contributed by atoms with Gasteiger partial charge < -0.3 is 10.5 Å². The second kappa shape index (κ2) is 20.0. The van der Waals surface area contributed by atoms with Gasteiger partial charge in [-0.3, -0.25) is 0 Å². The third kappa shape index (κ3) is 11.5. The summed E-state index contributed by atoms with van der Waals surface area (Å²) >= 11 is 1.48. The minimum Gasteiger partial charge on any atom is -0.489 e. The van der Waals surface area contributed by atoms with Crippen molar-refractivity contribution in [3.05, 3.63) is 205 Å². The van der Waals surface area contributed by atoms with E-state index >= 15 is 0 Å². The highest BCUT2D eigenvalue weighted by Crippen LogP contribution is 2.35. The number of nitrogen functional groups attached to an aromatic ring is 1. The molecule has 0 bridgehead atoms. The molecular formula is C43H26N2OS. The summed E-state index contributed by atoms with van der Waals surface area (Å²) in [5.74, 6) is 0.815. The second-order valence-electron chi connectivity index (χ2n) is 9.08. The zero-order valence-electron chi connectivity index (χ0n) is 25.7. The lowest BCUT2D eigenvalue weighted by Crippen LogP contribution is -2.02. The Balaban J connectivity index is 0.000000303. The van der Waals surface area contributed by atoms with E-state index in [-0.39, 0.29) is 0 Å². The van der Waals surface area contributed by atoms with Crippen molar-refractivity contribution >= 4 is 16.3 Å². The smallest absolute Gasteiger partial charge is 0.123 e.